The highest BCUT2D eigenvalue weighted by Crippen LogP contribution is 2.29. The van der Waals surface area contributed by atoms with E-state index in [1.165, 1.54) is 33.7 Å². The smallest absolute Gasteiger partial charge is 0.275 e. The minimum atomic E-state index is -0.163. The number of hydrogen-bond acceptors (Lipinski definition) is 6. The van der Waals surface area contributed by atoms with Gasteiger partial charge >= 0.3 is 0 Å². The minimum Gasteiger partial charge on any atom is -0.507 e. The van der Waals surface area contributed by atoms with E-state index in [1.807, 2.05) is 19.1 Å². The van der Waals surface area contributed by atoms with Crippen molar-refractivity contribution < 1.29 is 5.11 Å². The standard InChI is InChI=1S/C14H13N3O2S2/c1-2-12-16-17-13(19)7-9(15-14(17)21-12)8-20-11-6-4-3-5-10(11)18/h3-7,18H,2,8H2,1H3. The fourth-order valence-corrected chi connectivity index (χ4v) is 3.54. The third-order valence-electron chi connectivity index (χ3n) is 2.88. The van der Waals surface area contributed by atoms with Crippen LogP contribution in [0, 0.1) is 0 Å². The molecule has 0 aliphatic carbocycles. The Morgan fingerprint density at radius 2 is 2.19 bits per heavy atom. The molecule has 0 aliphatic rings. The van der Waals surface area contributed by atoms with Gasteiger partial charge in [0.15, 0.2) is 0 Å². The van der Waals surface area contributed by atoms with Crippen LogP contribution in [0.15, 0.2) is 40.0 Å². The Hall–Kier alpha value is -1.86. The predicted molar refractivity (Wildman–Crippen MR) is 84.2 cm³/mol. The second-order valence-corrected chi connectivity index (χ2v) is 6.44. The number of aryl methyl sites for hydroxylation is 1. The average molecular weight is 319 g/mol. The molecule has 0 unspecified atom stereocenters. The van der Waals surface area contributed by atoms with Crippen molar-refractivity contribution in [2.45, 2.75) is 24.0 Å². The molecule has 0 radical (unpaired) electrons. The Labute approximate surface area is 129 Å². The Bertz CT molecular complexity index is 842. The lowest BCUT2D eigenvalue weighted by Gasteiger charge is -2.03. The Balaban J connectivity index is 1.87. The zero-order valence-electron chi connectivity index (χ0n) is 11.3. The molecule has 1 aromatic carbocycles. The van der Waals surface area contributed by atoms with Crippen LogP contribution in [0.2, 0.25) is 0 Å². The number of benzene rings is 1. The van der Waals surface area contributed by atoms with E-state index >= 15 is 0 Å². The normalized spacial score (nSPS) is 11.1. The summed E-state index contributed by atoms with van der Waals surface area (Å²) in [6.07, 6.45) is 0.787. The molecule has 0 atom stereocenters. The van der Waals surface area contributed by atoms with Crippen molar-refractivity contribution in [1.29, 1.82) is 0 Å². The molecule has 0 bridgehead atoms. The number of thioether (sulfide) groups is 1. The highest BCUT2D eigenvalue weighted by atomic mass is 32.2. The number of phenols is 1. The molecule has 0 fully saturated rings. The number of aromatic hydroxyl groups is 1. The summed E-state index contributed by atoms with van der Waals surface area (Å²) in [4.78, 5) is 17.9. The van der Waals surface area contributed by atoms with Gasteiger partial charge in [0, 0.05) is 16.7 Å². The van der Waals surface area contributed by atoms with E-state index in [4.69, 9.17) is 0 Å². The molecule has 108 valence electrons. The molecule has 1 N–H and O–H groups in total. The number of phenolic OH excluding ortho intramolecular Hbond substituents is 1. The molecule has 0 spiro atoms. The molecule has 7 heteroatoms. The van der Waals surface area contributed by atoms with Gasteiger partial charge in [-0.3, -0.25) is 4.79 Å². The van der Waals surface area contributed by atoms with E-state index in [1.54, 1.807) is 12.1 Å². The number of aromatic nitrogens is 3. The van der Waals surface area contributed by atoms with Crippen molar-refractivity contribution in [3.05, 3.63) is 51.4 Å². The van der Waals surface area contributed by atoms with Crippen LogP contribution < -0.4 is 5.56 Å². The summed E-state index contributed by atoms with van der Waals surface area (Å²) < 4.78 is 1.34. The van der Waals surface area contributed by atoms with Crippen LogP contribution in [0.5, 0.6) is 5.75 Å². The molecule has 3 aromatic rings. The topological polar surface area (TPSA) is 67.5 Å². The first-order chi connectivity index (χ1) is 10.2. The van der Waals surface area contributed by atoms with Gasteiger partial charge in [0.25, 0.3) is 5.56 Å². The van der Waals surface area contributed by atoms with Gasteiger partial charge in [-0.2, -0.15) is 9.61 Å². The van der Waals surface area contributed by atoms with Gasteiger partial charge in [-0.05, 0) is 18.6 Å². The monoisotopic (exact) mass is 319 g/mol. The fraction of sp³-hybridized carbons (Fsp3) is 0.214. The fourth-order valence-electron chi connectivity index (χ4n) is 1.84. The van der Waals surface area contributed by atoms with E-state index in [2.05, 4.69) is 10.1 Å². The molecule has 0 amide bonds. The van der Waals surface area contributed by atoms with Gasteiger partial charge in [-0.25, -0.2) is 4.98 Å². The highest BCUT2D eigenvalue weighted by Gasteiger charge is 2.09. The maximum atomic E-state index is 12.0. The largest absolute Gasteiger partial charge is 0.507 e. The van der Waals surface area contributed by atoms with Gasteiger partial charge < -0.3 is 5.11 Å². The van der Waals surface area contributed by atoms with E-state index in [9.17, 15) is 9.90 Å². The van der Waals surface area contributed by atoms with Crippen LogP contribution in [0.25, 0.3) is 4.96 Å². The SMILES string of the molecule is CCc1nn2c(=O)cc(CSc3ccccc3O)nc2s1. The van der Waals surface area contributed by atoms with Gasteiger partial charge in [0.05, 0.1) is 5.69 Å². The average Bonchev–Trinajstić information content (AvgIpc) is 2.90. The lowest BCUT2D eigenvalue weighted by Crippen LogP contribution is -2.15. The lowest BCUT2D eigenvalue weighted by atomic mass is 10.3. The third-order valence-corrected chi connectivity index (χ3v) is 5.03. The Morgan fingerprint density at radius 3 is 2.95 bits per heavy atom. The molecule has 5 nitrogen and oxygen atoms in total. The molecular weight excluding hydrogens is 306 g/mol. The molecule has 21 heavy (non-hydrogen) atoms. The van der Waals surface area contributed by atoms with Crippen molar-refractivity contribution in [2.24, 2.45) is 0 Å². The summed E-state index contributed by atoms with van der Waals surface area (Å²) in [5, 5.41) is 14.8. The first-order valence-electron chi connectivity index (χ1n) is 6.47. The van der Waals surface area contributed by atoms with Crippen molar-refractivity contribution in [2.75, 3.05) is 0 Å². The van der Waals surface area contributed by atoms with Gasteiger partial charge in [0.2, 0.25) is 4.96 Å². The third kappa shape index (κ3) is 2.93. The van der Waals surface area contributed by atoms with E-state index in [0.29, 0.717) is 16.4 Å². The van der Waals surface area contributed by atoms with Crippen LogP contribution >= 0.6 is 23.1 Å². The van der Waals surface area contributed by atoms with Gasteiger partial charge in [0.1, 0.15) is 10.8 Å². The summed E-state index contributed by atoms with van der Waals surface area (Å²) in [5.41, 5.74) is 0.531. The minimum absolute atomic E-state index is 0.163. The zero-order valence-corrected chi connectivity index (χ0v) is 12.9. The van der Waals surface area contributed by atoms with Crippen molar-refractivity contribution in [1.82, 2.24) is 14.6 Å². The van der Waals surface area contributed by atoms with Crippen LogP contribution in [-0.4, -0.2) is 19.7 Å². The lowest BCUT2D eigenvalue weighted by molar-refractivity contribution is 0.462. The number of rotatable bonds is 4. The molecule has 2 aromatic heterocycles. The van der Waals surface area contributed by atoms with Crippen molar-refractivity contribution in [3.63, 3.8) is 0 Å². The summed E-state index contributed by atoms with van der Waals surface area (Å²) in [5.74, 6) is 0.772. The number of nitrogens with zero attached hydrogens (tertiary/aromatic N) is 3. The second kappa shape index (κ2) is 5.87. The summed E-state index contributed by atoms with van der Waals surface area (Å²) in [7, 11) is 0. The summed E-state index contributed by atoms with van der Waals surface area (Å²) in [6, 6.07) is 8.63. The molecular formula is C14H13N3O2S2. The van der Waals surface area contributed by atoms with Crippen LogP contribution in [0.3, 0.4) is 0 Å². The van der Waals surface area contributed by atoms with Crippen molar-refractivity contribution >= 4 is 28.1 Å². The Morgan fingerprint density at radius 1 is 1.38 bits per heavy atom. The molecule has 2 heterocycles. The predicted octanol–water partition coefficient (Wildman–Crippen LogP) is 2.71. The zero-order chi connectivity index (χ0) is 14.8. The summed E-state index contributed by atoms with van der Waals surface area (Å²) in [6.45, 7) is 2.00. The van der Waals surface area contributed by atoms with Crippen LogP contribution in [-0.2, 0) is 12.2 Å². The number of fused-ring (bicyclic) bond motifs is 1. The van der Waals surface area contributed by atoms with Crippen molar-refractivity contribution in [3.8, 4) is 5.75 Å². The number of para-hydroxylation sites is 1. The summed E-state index contributed by atoms with van der Waals surface area (Å²) >= 11 is 2.89. The highest BCUT2D eigenvalue weighted by molar-refractivity contribution is 7.98. The molecule has 3 rings (SSSR count). The van der Waals surface area contributed by atoms with E-state index in [0.717, 1.165) is 16.3 Å². The van der Waals surface area contributed by atoms with Crippen LogP contribution in [0.4, 0.5) is 0 Å². The van der Waals surface area contributed by atoms with E-state index < -0.39 is 0 Å². The van der Waals surface area contributed by atoms with Crippen LogP contribution in [0.1, 0.15) is 17.6 Å². The Kier molecular flexibility index (Phi) is 3.94. The van der Waals surface area contributed by atoms with Gasteiger partial charge in [-0.1, -0.05) is 30.4 Å². The van der Waals surface area contributed by atoms with E-state index in [-0.39, 0.29) is 11.3 Å². The number of hydrogen-bond donors (Lipinski definition) is 1. The van der Waals surface area contributed by atoms with Gasteiger partial charge in [-0.15, -0.1) is 11.8 Å². The first kappa shape index (κ1) is 14.1. The second-order valence-electron chi connectivity index (χ2n) is 4.39. The molecule has 0 saturated carbocycles. The molecule has 0 aliphatic heterocycles. The maximum absolute atomic E-state index is 12.0. The first-order valence-corrected chi connectivity index (χ1v) is 8.27. The maximum Gasteiger partial charge on any atom is 0.275 e. The quantitative estimate of drug-likeness (QED) is 0.749. The molecule has 0 saturated heterocycles.